The Kier molecular flexibility index (Phi) is 4.54. The van der Waals surface area contributed by atoms with Crippen LogP contribution in [0.1, 0.15) is 28.5 Å². The van der Waals surface area contributed by atoms with E-state index in [0.717, 1.165) is 0 Å². The van der Waals surface area contributed by atoms with Crippen molar-refractivity contribution in [3.63, 3.8) is 0 Å². The first-order chi connectivity index (χ1) is 9.95. The van der Waals surface area contributed by atoms with Crippen LogP contribution in [0.25, 0.3) is 0 Å². The fraction of sp³-hybridized carbons (Fsp3) is 0.231. The number of carboxylic acids is 1. The second kappa shape index (κ2) is 6.36. The number of halogens is 1. The smallest absolute Gasteiger partial charge is 0.337 e. The fourth-order valence-corrected chi connectivity index (χ4v) is 1.85. The summed E-state index contributed by atoms with van der Waals surface area (Å²) in [5.41, 5.74) is 0.128. The van der Waals surface area contributed by atoms with E-state index in [4.69, 9.17) is 21.2 Å². The zero-order valence-electron chi connectivity index (χ0n) is 11.1. The van der Waals surface area contributed by atoms with E-state index >= 15 is 0 Å². The number of anilines is 1. The van der Waals surface area contributed by atoms with Crippen LogP contribution in [0.4, 0.5) is 5.69 Å². The number of aryl methyl sites for hydroxylation is 2. The Morgan fingerprint density at radius 1 is 1.43 bits per heavy atom. The van der Waals surface area contributed by atoms with Gasteiger partial charge in [0.1, 0.15) is 0 Å². The third-order valence-electron chi connectivity index (χ3n) is 2.62. The molecule has 0 aliphatic rings. The standard InChI is InChI=1S/C13H12ClN3O4/c1-7-15-12(21-17-7)5-4-11(18)16-10-3-2-8(14)6-9(10)13(19)20/h2-3,6H,4-5H2,1H3,(H,16,18)(H,19,20). The molecular weight excluding hydrogens is 298 g/mol. The van der Waals surface area contributed by atoms with Gasteiger partial charge in [-0.2, -0.15) is 4.98 Å². The number of aromatic carboxylic acids is 1. The first kappa shape index (κ1) is 15.0. The van der Waals surface area contributed by atoms with Gasteiger partial charge in [-0.05, 0) is 25.1 Å². The largest absolute Gasteiger partial charge is 0.478 e. The number of carbonyl (C=O) groups is 2. The highest BCUT2D eigenvalue weighted by molar-refractivity contribution is 6.31. The molecule has 1 aromatic heterocycles. The van der Waals surface area contributed by atoms with E-state index in [1.54, 1.807) is 6.92 Å². The van der Waals surface area contributed by atoms with Gasteiger partial charge in [0.15, 0.2) is 5.82 Å². The van der Waals surface area contributed by atoms with E-state index in [2.05, 4.69) is 15.5 Å². The summed E-state index contributed by atoms with van der Waals surface area (Å²) in [6.07, 6.45) is 0.381. The number of hydrogen-bond donors (Lipinski definition) is 2. The van der Waals surface area contributed by atoms with Crippen molar-refractivity contribution in [1.82, 2.24) is 10.1 Å². The predicted molar refractivity (Wildman–Crippen MR) is 74.4 cm³/mol. The number of rotatable bonds is 5. The highest BCUT2D eigenvalue weighted by Crippen LogP contribution is 2.21. The Labute approximate surface area is 124 Å². The molecule has 0 radical (unpaired) electrons. The second-order valence-electron chi connectivity index (χ2n) is 4.28. The molecule has 110 valence electrons. The lowest BCUT2D eigenvalue weighted by Gasteiger charge is -2.08. The van der Waals surface area contributed by atoms with Gasteiger partial charge < -0.3 is 14.9 Å². The Balaban J connectivity index is 2.01. The molecule has 0 unspecified atom stereocenters. The maximum Gasteiger partial charge on any atom is 0.337 e. The lowest BCUT2D eigenvalue weighted by atomic mass is 10.1. The van der Waals surface area contributed by atoms with Gasteiger partial charge in [-0.15, -0.1) is 0 Å². The lowest BCUT2D eigenvalue weighted by Crippen LogP contribution is -2.15. The number of carboxylic acid groups (broad SMARTS) is 1. The topological polar surface area (TPSA) is 105 Å². The average Bonchev–Trinajstić information content (AvgIpc) is 2.84. The maximum atomic E-state index is 11.8. The Bertz CT molecular complexity index is 684. The summed E-state index contributed by atoms with van der Waals surface area (Å²) in [6.45, 7) is 1.68. The Morgan fingerprint density at radius 3 is 2.81 bits per heavy atom. The highest BCUT2D eigenvalue weighted by Gasteiger charge is 2.14. The third kappa shape index (κ3) is 4.03. The van der Waals surface area contributed by atoms with Gasteiger partial charge in [-0.3, -0.25) is 4.79 Å². The van der Waals surface area contributed by atoms with Crippen molar-refractivity contribution in [2.24, 2.45) is 0 Å². The lowest BCUT2D eigenvalue weighted by molar-refractivity contribution is -0.116. The molecule has 2 aromatic rings. The van der Waals surface area contributed by atoms with Gasteiger partial charge in [0, 0.05) is 17.9 Å². The van der Waals surface area contributed by atoms with Gasteiger partial charge in [-0.25, -0.2) is 4.79 Å². The van der Waals surface area contributed by atoms with E-state index in [9.17, 15) is 9.59 Å². The van der Waals surface area contributed by atoms with Crippen molar-refractivity contribution in [3.8, 4) is 0 Å². The molecule has 1 heterocycles. The molecule has 7 nitrogen and oxygen atoms in total. The van der Waals surface area contributed by atoms with E-state index < -0.39 is 5.97 Å². The highest BCUT2D eigenvalue weighted by atomic mass is 35.5. The molecule has 0 aliphatic carbocycles. The molecule has 0 saturated heterocycles. The number of hydrogen-bond acceptors (Lipinski definition) is 5. The van der Waals surface area contributed by atoms with E-state index in [0.29, 0.717) is 11.7 Å². The summed E-state index contributed by atoms with van der Waals surface area (Å²) in [7, 11) is 0. The number of aromatic nitrogens is 2. The van der Waals surface area contributed by atoms with Crippen LogP contribution >= 0.6 is 11.6 Å². The molecule has 2 rings (SSSR count). The molecule has 1 amide bonds. The minimum atomic E-state index is -1.17. The second-order valence-corrected chi connectivity index (χ2v) is 4.72. The van der Waals surface area contributed by atoms with Crippen molar-refractivity contribution < 1.29 is 19.2 Å². The van der Waals surface area contributed by atoms with Crippen molar-refractivity contribution >= 4 is 29.2 Å². The van der Waals surface area contributed by atoms with Crippen molar-refractivity contribution in [2.75, 3.05) is 5.32 Å². The third-order valence-corrected chi connectivity index (χ3v) is 2.86. The van der Waals surface area contributed by atoms with Crippen LogP contribution in [-0.2, 0) is 11.2 Å². The van der Waals surface area contributed by atoms with Crippen molar-refractivity contribution in [3.05, 3.63) is 40.5 Å². The summed E-state index contributed by atoms with van der Waals surface area (Å²) in [5, 5.41) is 15.5. The van der Waals surface area contributed by atoms with Gasteiger partial charge >= 0.3 is 5.97 Å². The zero-order chi connectivity index (χ0) is 15.4. The molecule has 1 aromatic carbocycles. The fourth-order valence-electron chi connectivity index (χ4n) is 1.68. The van der Waals surface area contributed by atoms with E-state index in [1.165, 1.54) is 18.2 Å². The van der Waals surface area contributed by atoms with Gasteiger partial charge in [-0.1, -0.05) is 16.8 Å². The minimum Gasteiger partial charge on any atom is -0.478 e. The molecule has 0 saturated carbocycles. The molecular formula is C13H12ClN3O4. The number of nitrogens with one attached hydrogen (secondary N) is 1. The number of benzene rings is 1. The summed E-state index contributed by atoms with van der Waals surface area (Å²) in [4.78, 5) is 26.9. The van der Waals surface area contributed by atoms with Gasteiger partial charge in [0.25, 0.3) is 0 Å². The van der Waals surface area contributed by atoms with Gasteiger partial charge in [0.05, 0.1) is 11.3 Å². The summed E-state index contributed by atoms with van der Waals surface area (Å²) >= 11 is 5.74. The number of nitrogens with zero attached hydrogens (tertiary/aromatic N) is 2. The molecule has 0 aliphatic heterocycles. The van der Waals surface area contributed by atoms with Crippen LogP contribution in [0.15, 0.2) is 22.7 Å². The molecule has 0 fully saturated rings. The summed E-state index contributed by atoms with van der Waals surface area (Å²) in [5.74, 6) is -0.663. The van der Waals surface area contributed by atoms with Crippen molar-refractivity contribution in [2.45, 2.75) is 19.8 Å². The van der Waals surface area contributed by atoms with Gasteiger partial charge in [0.2, 0.25) is 11.8 Å². The molecule has 8 heteroatoms. The van der Waals surface area contributed by atoms with Crippen LogP contribution in [-0.4, -0.2) is 27.1 Å². The normalized spacial score (nSPS) is 10.4. The van der Waals surface area contributed by atoms with E-state index in [1.807, 2.05) is 0 Å². The number of amides is 1. The molecule has 0 atom stereocenters. The quantitative estimate of drug-likeness (QED) is 0.878. The van der Waals surface area contributed by atoms with Crippen LogP contribution in [0, 0.1) is 6.92 Å². The first-order valence-corrected chi connectivity index (χ1v) is 6.45. The average molecular weight is 310 g/mol. The summed E-state index contributed by atoms with van der Waals surface area (Å²) < 4.78 is 4.89. The Morgan fingerprint density at radius 2 is 2.19 bits per heavy atom. The molecule has 0 spiro atoms. The molecule has 2 N–H and O–H groups in total. The van der Waals surface area contributed by atoms with E-state index in [-0.39, 0.29) is 35.0 Å². The van der Waals surface area contributed by atoms with Crippen LogP contribution in [0.5, 0.6) is 0 Å². The summed E-state index contributed by atoms with van der Waals surface area (Å²) in [6, 6.07) is 4.23. The Hall–Kier alpha value is -2.41. The SMILES string of the molecule is Cc1noc(CCC(=O)Nc2ccc(Cl)cc2C(=O)O)n1. The first-order valence-electron chi connectivity index (χ1n) is 6.07. The van der Waals surface area contributed by atoms with Crippen molar-refractivity contribution in [1.29, 1.82) is 0 Å². The maximum absolute atomic E-state index is 11.8. The minimum absolute atomic E-state index is 0.0653. The molecule has 21 heavy (non-hydrogen) atoms. The predicted octanol–water partition coefficient (Wildman–Crippen LogP) is 2.30. The van der Waals surface area contributed by atoms with Crippen LogP contribution < -0.4 is 5.32 Å². The molecule has 0 bridgehead atoms. The van der Waals surface area contributed by atoms with Crippen LogP contribution in [0.2, 0.25) is 5.02 Å². The van der Waals surface area contributed by atoms with Crippen LogP contribution in [0.3, 0.4) is 0 Å². The number of carbonyl (C=O) groups excluding carboxylic acids is 1. The zero-order valence-corrected chi connectivity index (χ0v) is 11.8. The monoisotopic (exact) mass is 309 g/mol.